The van der Waals surface area contributed by atoms with Crippen molar-refractivity contribution in [1.29, 1.82) is 0 Å². The highest BCUT2D eigenvalue weighted by molar-refractivity contribution is 6.03. The number of imidazole rings is 1. The zero-order valence-electron chi connectivity index (χ0n) is 17.8. The second-order valence-corrected chi connectivity index (χ2v) is 6.83. The highest BCUT2D eigenvalue weighted by Gasteiger charge is 2.21. The molecule has 0 aliphatic carbocycles. The van der Waals surface area contributed by atoms with Gasteiger partial charge in [-0.3, -0.25) is 0 Å². The molecule has 0 saturated carbocycles. The minimum Gasteiger partial charge on any atom is -0.496 e. The van der Waals surface area contributed by atoms with Gasteiger partial charge in [0.05, 0.1) is 50.2 Å². The minimum atomic E-state index is 0.493. The predicted molar refractivity (Wildman–Crippen MR) is 118 cm³/mol. The summed E-state index contributed by atoms with van der Waals surface area (Å²) < 4.78 is 24.7. The van der Waals surface area contributed by atoms with Crippen molar-refractivity contribution in [2.45, 2.75) is 6.54 Å². The maximum atomic E-state index is 5.82. The minimum absolute atomic E-state index is 0.493. The molecule has 0 saturated heterocycles. The Labute approximate surface area is 175 Å². The average Bonchev–Trinajstić information content (AvgIpc) is 3.11. The standard InChI is InChI=1S/C23H25N3O4/c1-26-16-9-7-6-8-15(16)25-23(26)24-13-14-12-19(29-4)20-17(27-2)10-11-18(28-3)21(20)22(14)30-5/h6-12H,13H2,1-5H3,(H,24,25). The molecule has 4 rings (SSSR count). The highest BCUT2D eigenvalue weighted by Crippen LogP contribution is 2.46. The molecule has 0 amide bonds. The van der Waals surface area contributed by atoms with Crippen molar-refractivity contribution >= 4 is 27.8 Å². The fourth-order valence-corrected chi connectivity index (χ4v) is 3.83. The molecule has 7 heteroatoms. The molecule has 0 fully saturated rings. The van der Waals surface area contributed by atoms with E-state index in [1.807, 2.05) is 54.1 Å². The van der Waals surface area contributed by atoms with Crippen LogP contribution in [0.25, 0.3) is 21.8 Å². The molecule has 0 aliphatic rings. The largest absolute Gasteiger partial charge is 0.496 e. The van der Waals surface area contributed by atoms with Crippen LogP contribution in [-0.4, -0.2) is 38.0 Å². The normalized spacial score (nSPS) is 11.0. The molecule has 0 atom stereocenters. The number of rotatable bonds is 7. The van der Waals surface area contributed by atoms with Crippen LogP contribution >= 0.6 is 0 Å². The number of aryl methyl sites for hydroxylation is 1. The zero-order valence-corrected chi connectivity index (χ0v) is 17.8. The van der Waals surface area contributed by atoms with E-state index in [-0.39, 0.29) is 0 Å². The molecule has 0 bridgehead atoms. The summed E-state index contributed by atoms with van der Waals surface area (Å²) in [7, 11) is 8.55. The third-order valence-corrected chi connectivity index (χ3v) is 5.29. The van der Waals surface area contributed by atoms with Crippen LogP contribution in [0.15, 0.2) is 42.5 Å². The van der Waals surface area contributed by atoms with Gasteiger partial charge in [0, 0.05) is 19.2 Å². The topological polar surface area (TPSA) is 66.8 Å². The number of fused-ring (bicyclic) bond motifs is 2. The molecular formula is C23H25N3O4. The van der Waals surface area contributed by atoms with Gasteiger partial charge >= 0.3 is 0 Å². The van der Waals surface area contributed by atoms with E-state index in [0.717, 1.165) is 33.3 Å². The Morgan fingerprint density at radius 2 is 1.50 bits per heavy atom. The molecule has 0 aliphatic heterocycles. The highest BCUT2D eigenvalue weighted by atomic mass is 16.5. The molecule has 0 spiro atoms. The van der Waals surface area contributed by atoms with E-state index in [1.165, 1.54) is 0 Å². The van der Waals surface area contributed by atoms with Crippen LogP contribution in [0, 0.1) is 0 Å². The van der Waals surface area contributed by atoms with Crippen molar-refractivity contribution in [2.75, 3.05) is 33.8 Å². The first-order valence-electron chi connectivity index (χ1n) is 9.56. The summed E-state index contributed by atoms with van der Waals surface area (Å²) in [6.45, 7) is 0.493. The lowest BCUT2D eigenvalue weighted by atomic mass is 10.0. The maximum Gasteiger partial charge on any atom is 0.203 e. The van der Waals surface area contributed by atoms with Gasteiger partial charge in [-0.25, -0.2) is 4.98 Å². The number of benzene rings is 3. The predicted octanol–water partition coefficient (Wildman–Crippen LogP) is 4.37. The summed E-state index contributed by atoms with van der Waals surface area (Å²) in [5, 5.41) is 5.03. The zero-order chi connectivity index (χ0) is 21.3. The number of hydrogen-bond acceptors (Lipinski definition) is 6. The number of nitrogens with zero attached hydrogens (tertiary/aromatic N) is 2. The van der Waals surface area contributed by atoms with Crippen LogP contribution in [0.2, 0.25) is 0 Å². The summed E-state index contributed by atoms with van der Waals surface area (Å²) in [5.41, 5.74) is 2.92. The molecule has 1 N–H and O–H groups in total. The number of para-hydroxylation sites is 2. The Kier molecular flexibility index (Phi) is 5.27. The summed E-state index contributed by atoms with van der Waals surface area (Å²) in [5.74, 6) is 3.53. The van der Waals surface area contributed by atoms with Crippen LogP contribution in [-0.2, 0) is 13.6 Å². The average molecular weight is 407 g/mol. The number of ether oxygens (including phenoxy) is 4. The first-order valence-corrected chi connectivity index (χ1v) is 9.56. The number of aromatic nitrogens is 2. The van der Waals surface area contributed by atoms with Gasteiger partial charge in [-0.05, 0) is 30.3 Å². The third-order valence-electron chi connectivity index (χ3n) is 5.29. The lowest BCUT2D eigenvalue weighted by molar-refractivity contribution is 0.390. The van der Waals surface area contributed by atoms with Crippen LogP contribution in [0.1, 0.15) is 5.56 Å². The Hall–Kier alpha value is -3.61. The molecule has 0 radical (unpaired) electrons. The fourth-order valence-electron chi connectivity index (χ4n) is 3.83. The number of nitrogens with one attached hydrogen (secondary N) is 1. The molecule has 30 heavy (non-hydrogen) atoms. The quantitative estimate of drug-likeness (QED) is 0.491. The van der Waals surface area contributed by atoms with Crippen LogP contribution in [0.3, 0.4) is 0 Å². The van der Waals surface area contributed by atoms with E-state index < -0.39 is 0 Å². The fraction of sp³-hybridized carbons (Fsp3) is 0.261. The summed E-state index contributed by atoms with van der Waals surface area (Å²) >= 11 is 0. The van der Waals surface area contributed by atoms with E-state index in [9.17, 15) is 0 Å². The molecular weight excluding hydrogens is 382 g/mol. The Morgan fingerprint density at radius 3 is 2.13 bits per heavy atom. The molecule has 3 aromatic carbocycles. The molecule has 156 valence electrons. The summed E-state index contributed by atoms with van der Waals surface area (Å²) in [6, 6.07) is 13.7. The van der Waals surface area contributed by atoms with Crippen molar-refractivity contribution < 1.29 is 18.9 Å². The lowest BCUT2D eigenvalue weighted by Gasteiger charge is -2.19. The van der Waals surface area contributed by atoms with Crippen LogP contribution < -0.4 is 24.3 Å². The monoisotopic (exact) mass is 407 g/mol. The van der Waals surface area contributed by atoms with Gasteiger partial charge in [-0.1, -0.05) is 12.1 Å². The molecule has 4 aromatic rings. The van der Waals surface area contributed by atoms with Gasteiger partial charge in [0.15, 0.2) is 0 Å². The van der Waals surface area contributed by atoms with Gasteiger partial charge in [0.25, 0.3) is 0 Å². The van der Waals surface area contributed by atoms with Crippen molar-refractivity contribution in [3.05, 3.63) is 48.0 Å². The Morgan fingerprint density at radius 1 is 0.833 bits per heavy atom. The first-order chi connectivity index (χ1) is 14.6. The van der Waals surface area contributed by atoms with Crippen molar-refractivity contribution in [2.24, 2.45) is 7.05 Å². The van der Waals surface area contributed by atoms with Crippen molar-refractivity contribution in [3.63, 3.8) is 0 Å². The Balaban J connectivity index is 1.83. The van der Waals surface area contributed by atoms with E-state index in [2.05, 4.69) is 10.3 Å². The second-order valence-electron chi connectivity index (χ2n) is 6.83. The van der Waals surface area contributed by atoms with E-state index >= 15 is 0 Å². The number of methoxy groups -OCH3 is 4. The number of anilines is 1. The Bertz CT molecular complexity index is 1220. The lowest BCUT2D eigenvalue weighted by Crippen LogP contribution is -2.07. The van der Waals surface area contributed by atoms with Gasteiger partial charge in [-0.2, -0.15) is 0 Å². The van der Waals surface area contributed by atoms with Crippen molar-refractivity contribution in [3.8, 4) is 23.0 Å². The van der Waals surface area contributed by atoms with E-state index in [4.69, 9.17) is 18.9 Å². The number of hydrogen-bond donors (Lipinski definition) is 1. The SMILES string of the molecule is COc1ccc(OC)c2c(OC)c(CNc3nc4ccccc4n3C)cc(OC)c12. The van der Waals surface area contributed by atoms with Gasteiger partial charge < -0.3 is 28.8 Å². The second kappa shape index (κ2) is 8.02. The maximum absolute atomic E-state index is 5.82. The smallest absolute Gasteiger partial charge is 0.203 e. The van der Waals surface area contributed by atoms with E-state index in [1.54, 1.807) is 28.4 Å². The summed E-state index contributed by atoms with van der Waals surface area (Å²) in [6.07, 6.45) is 0. The third kappa shape index (κ3) is 3.12. The van der Waals surface area contributed by atoms with Crippen LogP contribution in [0.4, 0.5) is 5.95 Å². The van der Waals surface area contributed by atoms with Gasteiger partial charge in [0.1, 0.15) is 23.0 Å². The molecule has 1 aromatic heterocycles. The van der Waals surface area contributed by atoms with Crippen LogP contribution in [0.5, 0.6) is 23.0 Å². The van der Waals surface area contributed by atoms with Gasteiger partial charge in [0.2, 0.25) is 5.95 Å². The first kappa shape index (κ1) is 19.7. The molecule has 0 unspecified atom stereocenters. The van der Waals surface area contributed by atoms with Crippen molar-refractivity contribution in [1.82, 2.24) is 9.55 Å². The van der Waals surface area contributed by atoms with Gasteiger partial charge in [-0.15, -0.1) is 0 Å². The summed E-state index contributed by atoms with van der Waals surface area (Å²) in [4.78, 5) is 4.68. The molecule has 7 nitrogen and oxygen atoms in total. The molecule has 1 heterocycles. The van der Waals surface area contributed by atoms with E-state index in [0.29, 0.717) is 29.5 Å².